The van der Waals surface area contributed by atoms with Crippen LogP contribution in [0, 0.1) is 0 Å². The standard InChI is InChI=1S/C21H26Cl2N4O6/c1-3-32-21-14(9-16(28)33-21)26-19(30)15-5-4-6-27(15)20(31)10(2)25-18(29)11-7-12(22)17(24)13(23)8-11/h7-8,10,14-15,21H,3-6,9,24H2,1-2H3,(H,25,29)(H,26,30)/t10-,14-,15-,21?/m0/s1. The van der Waals surface area contributed by atoms with E-state index < -0.39 is 48.1 Å². The van der Waals surface area contributed by atoms with Gasteiger partial charge in [0.2, 0.25) is 18.1 Å². The molecule has 4 N–H and O–H groups in total. The van der Waals surface area contributed by atoms with Gasteiger partial charge in [0.15, 0.2) is 0 Å². The second-order valence-corrected chi connectivity index (χ2v) is 8.69. The van der Waals surface area contributed by atoms with Gasteiger partial charge in [-0.25, -0.2) is 0 Å². The lowest BCUT2D eigenvalue weighted by molar-refractivity contribution is -0.164. The maximum atomic E-state index is 13.0. The Morgan fingerprint density at radius 2 is 1.97 bits per heavy atom. The van der Waals surface area contributed by atoms with Crippen LogP contribution >= 0.6 is 23.2 Å². The molecule has 2 saturated heterocycles. The molecule has 0 radical (unpaired) electrons. The topological polar surface area (TPSA) is 140 Å². The fourth-order valence-electron chi connectivity index (χ4n) is 3.86. The van der Waals surface area contributed by atoms with E-state index in [4.69, 9.17) is 38.4 Å². The van der Waals surface area contributed by atoms with Gasteiger partial charge in [-0.1, -0.05) is 23.2 Å². The molecule has 180 valence electrons. The van der Waals surface area contributed by atoms with Crippen molar-refractivity contribution in [3.8, 4) is 0 Å². The molecule has 0 aromatic heterocycles. The van der Waals surface area contributed by atoms with Crippen molar-refractivity contribution in [2.24, 2.45) is 0 Å². The lowest BCUT2D eigenvalue weighted by atomic mass is 10.1. The highest BCUT2D eigenvalue weighted by molar-refractivity contribution is 6.39. The Morgan fingerprint density at radius 3 is 2.61 bits per heavy atom. The molecule has 1 unspecified atom stereocenters. The molecule has 1 aromatic rings. The number of nitrogens with one attached hydrogen (secondary N) is 2. The van der Waals surface area contributed by atoms with Gasteiger partial charge in [-0.15, -0.1) is 0 Å². The summed E-state index contributed by atoms with van der Waals surface area (Å²) in [4.78, 5) is 51.5. The van der Waals surface area contributed by atoms with Crippen molar-refractivity contribution < 1.29 is 28.7 Å². The van der Waals surface area contributed by atoms with Crippen molar-refractivity contribution in [2.45, 2.75) is 57.5 Å². The highest BCUT2D eigenvalue weighted by Crippen LogP contribution is 2.29. The Balaban J connectivity index is 1.63. The van der Waals surface area contributed by atoms with Crippen molar-refractivity contribution >= 4 is 52.6 Å². The van der Waals surface area contributed by atoms with Crippen LogP contribution in [0.3, 0.4) is 0 Å². The molecular weight excluding hydrogens is 475 g/mol. The third-order valence-corrected chi connectivity index (χ3v) is 6.14. The van der Waals surface area contributed by atoms with Crippen molar-refractivity contribution in [2.75, 3.05) is 18.9 Å². The molecule has 2 fully saturated rings. The predicted octanol–water partition coefficient (Wildman–Crippen LogP) is 1.48. The number of halogens is 2. The number of nitrogens with zero attached hydrogens (tertiary/aromatic N) is 1. The van der Waals surface area contributed by atoms with E-state index >= 15 is 0 Å². The van der Waals surface area contributed by atoms with Gasteiger partial charge >= 0.3 is 5.97 Å². The highest BCUT2D eigenvalue weighted by Gasteiger charge is 2.41. The molecular formula is C21H26Cl2N4O6. The zero-order valence-corrected chi connectivity index (χ0v) is 19.7. The molecule has 4 atom stereocenters. The number of cyclic esters (lactones) is 1. The first kappa shape index (κ1) is 25.1. The molecule has 12 heteroatoms. The van der Waals surface area contributed by atoms with Crippen molar-refractivity contribution in [3.05, 3.63) is 27.7 Å². The van der Waals surface area contributed by atoms with Crippen LogP contribution in [0.1, 0.15) is 43.5 Å². The Labute approximate surface area is 201 Å². The van der Waals surface area contributed by atoms with Crippen LogP contribution in [-0.4, -0.2) is 66.2 Å². The lowest BCUT2D eigenvalue weighted by Crippen LogP contribution is -2.54. The first-order valence-electron chi connectivity index (χ1n) is 10.6. The SMILES string of the molecule is CCOC1OC(=O)C[C@@H]1NC(=O)[C@@H]1CCCN1C(=O)[C@H](C)NC(=O)c1cc(Cl)c(N)c(Cl)c1. The number of ether oxygens (including phenoxy) is 2. The van der Waals surface area contributed by atoms with Crippen molar-refractivity contribution in [3.63, 3.8) is 0 Å². The highest BCUT2D eigenvalue weighted by atomic mass is 35.5. The summed E-state index contributed by atoms with van der Waals surface area (Å²) in [6.07, 6.45) is 0.231. The number of hydrogen-bond acceptors (Lipinski definition) is 7. The zero-order chi connectivity index (χ0) is 24.3. The van der Waals surface area contributed by atoms with Gasteiger partial charge in [-0.3, -0.25) is 19.2 Å². The van der Waals surface area contributed by atoms with E-state index in [2.05, 4.69) is 10.6 Å². The smallest absolute Gasteiger partial charge is 0.310 e. The van der Waals surface area contributed by atoms with Crippen LogP contribution in [0.5, 0.6) is 0 Å². The molecule has 0 saturated carbocycles. The van der Waals surface area contributed by atoms with E-state index in [1.54, 1.807) is 6.92 Å². The summed E-state index contributed by atoms with van der Waals surface area (Å²) in [7, 11) is 0. The minimum atomic E-state index is -0.909. The van der Waals surface area contributed by atoms with Crippen LogP contribution < -0.4 is 16.4 Å². The summed E-state index contributed by atoms with van der Waals surface area (Å²) in [5.41, 5.74) is 6.00. The number of hydrogen-bond donors (Lipinski definition) is 3. The number of amides is 3. The molecule has 3 rings (SSSR count). The van der Waals surface area contributed by atoms with Crippen molar-refractivity contribution in [1.29, 1.82) is 0 Å². The average Bonchev–Trinajstić information content (AvgIpc) is 3.38. The van der Waals surface area contributed by atoms with Crippen molar-refractivity contribution in [1.82, 2.24) is 15.5 Å². The quantitative estimate of drug-likeness (QED) is 0.380. The number of carbonyl (C=O) groups is 4. The fourth-order valence-corrected chi connectivity index (χ4v) is 4.34. The number of likely N-dealkylation sites (tertiary alicyclic amines) is 1. The molecule has 10 nitrogen and oxygen atoms in total. The summed E-state index contributed by atoms with van der Waals surface area (Å²) in [6, 6.07) is 0.464. The maximum Gasteiger partial charge on any atom is 0.310 e. The third-order valence-electron chi connectivity index (χ3n) is 5.52. The van der Waals surface area contributed by atoms with E-state index in [9.17, 15) is 19.2 Å². The summed E-state index contributed by atoms with van der Waals surface area (Å²) < 4.78 is 10.4. The molecule has 3 amide bonds. The summed E-state index contributed by atoms with van der Waals surface area (Å²) >= 11 is 12.0. The summed E-state index contributed by atoms with van der Waals surface area (Å²) in [5, 5.41) is 5.62. The van der Waals surface area contributed by atoms with Gasteiger partial charge in [0.05, 0.1) is 22.2 Å². The number of carbonyl (C=O) groups excluding carboxylic acids is 4. The van der Waals surface area contributed by atoms with Crippen LogP contribution in [0.25, 0.3) is 0 Å². The van der Waals surface area contributed by atoms with E-state index in [-0.39, 0.29) is 27.7 Å². The summed E-state index contributed by atoms with van der Waals surface area (Å²) in [6.45, 7) is 3.97. The van der Waals surface area contributed by atoms with Gasteiger partial charge in [0.25, 0.3) is 5.91 Å². The van der Waals surface area contributed by atoms with Gasteiger partial charge in [0.1, 0.15) is 18.1 Å². The number of nitrogen functional groups attached to an aromatic ring is 1. The number of benzene rings is 1. The predicted molar refractivity (Wildman–Crippen MR) is 121 cm³/mol. The molecule has 2 heterocycles. The molecule has 2 aliphatic rings. The molecule has 2 aliphatic heterocycles. The third kappa shape index (κ3) is 5.69. The largest absolute Gasteiger partial charge is 0.433 e. The van der Waals surface area contributed by atoms with E-state index in [0.717, 1.165) is 0 Å². The second-order valence-electron chi connectivity index (χ2n) is 7.87. The normalized spacial score (nSPS) is 23.2. The Hall–Kier alpha value is -2.56. The van der Waals surface area contributed by atoms with E-state index in [0.29, 0.717) is 26.0 Å². The van der Waals surface area contributed by atoms with Gasteiger partial charge in [-0.05, 0) is 38.8 Å². The number of esters is 1. The number of anilines is 1. The monoisotopic (exact) mass is 500 g/mol. The zero-order valence-electron chi connectivity index (χ0n) is 18.2. The molecule has 0 spiro atoms. The van der Waals surface area contributed by atoms with E-state index in [1.165, 1.54) is 24.0 Å². The Morgan fingerprint density at radius 1 is 1.30 bits per heavy atom. The number of nitrogens with two attached hydrogens (primary N) is 1. The van der Waals surface area contributed by atoms with Crippen LogP contribution in [0.4, 0.5) is 5.69 Å². The summed E-state index contributed by atoms with van der Waals surface area (Å²) in [5.74, 6) is -1.82. The molecule has 0 bridgehead atoms. The van der Waals surface area contributed by atoms with Gasteiger partial charge < -0.3 is 30.7 Å². The van der Waals surface area contributed by atoms with Crippen LogP contribution in [0.15, 0.2) is 12.1 Å². The first-order valence-corrected chi connectivity index (χ1v) is 11.3. The van der Waals surface area contributed by atoms with Gasteiger partial charge in [0, 0.05) is 18.7 Å². The fraction of sp³-hybridized carbons (Fsp3) is 0.524. The van der Waals surface area contributed by atoms with Crippen LogP contribution in [0.2, 0.25) is 10.0 Å². The van der Waals surface area contributed by atoms with Gasteiger partial charge in [-0.2, -0.15) is 0 Å². The van der Waals surface area contributed by atoms with Crippen LogP contribution in [-0.2, 0) is 23.9 Å². The minimum Gasteiger partial charge on any atom is -0.433 e. The maximum absolute atomic E-state index is 13.0. The van der Waals surface area contributed by atoms with E-state index in [1.807, 2.05) is 0 Å². The average molecular weight is 501 g/mol. The molecule has 33 heavy (non-hydrogen) atoms. The Bertz CT molecular complexity index is 936. The molecule has 1 aromatic carbocycles. The lowest BCUT2D eigenvalue weighted by Gasteiger charge is -2.28. The first-order chi connectivity index (χ1) is 15.6. The minimum absolute atomic E-state index is 0.00373. The molecule has 0 aliphatic carbocycles. The Kier molecular flexibility index (Phi) is 8.04. The number of rotatable bonds is 7. The second kappa shape index (κ2) is 10.6.